The van der Waals surface area contributed by atoms with Crippen molar-refractivity contribution in [1.82, 2.24) is 0 Å². The zero-order valence-electron chi connectivity index (χ0n) is 10.6. The second kappa shape index (κ2) is 12.3. The van der Waals surface area contributed by atoms with E-state index in [0.717, 1.165) is 6.61 Å². The Morgan fingerprint density at radius 1 is 0.933 bits per heavy atom. The van der Waals surface area contributed by atoms with Gasteiger partial charge in [-0.3, -0.25) is 0 Å². The lowest BCUT2D eigenvalue weighted by Crippen LogP contribution is -2.08. The first kappa shape index (κ1) is 15.2. The summed E-state index contributed by atoms with van der Waals surface area (Å²) in [4.78, 5) is 0. The van der Waals surface area contributed by atoms with Gasteiger partial charge in [0.2, 0.25) is 0 Å². The minimum absolute atomic E-state index is 0.758. The molecule has 0 aliphatic rings. The van der Waals surface area contributed by atoms with Crippen molar-refractivity contribution in [3.05, 3.63) is 12.7 Å². The average Bonchev–Trinajstić information content (AvgIpc) is 2.20. The molecule has 0 unspecified atom stereocenters. The van der Waals surface area contributed by atoms with Gasteiger partial charge in [0.25, 0.3) is 0 Å². The van der Waals surface area contributed by atoms with Crippen molar-refractivity contribution in [2.75, 3.05) is 6.61 Å². The van der Waals surface area contributed by atoms with Crippen LogP contribution in [0.2, 0.25) is 11.6 Å². The van der Waals surface area contributed by atoms with Gasteiger partial charge in [0, 0.05) is 6.61 Å². The third kappa shape index (κ3) is 14.2. The molecule has 0 atom stereocenters. The second-order valence-corrected chi connectivity index (χ2v) is 6.90. The summed E-state index contributed by atoms with van der Waals surface area (Å²) in [5.41, 5.74) is 0. The van der Waals surface area contributed by atoms with Crippen LogP contribution in [0.25, 0.3) is 0 Å². The molecule has 2 heteroatoms. The Balaban J connectivity index is 2.89. The predicted octanol–water partition coefficient (Wildman–Crippen LogP) is 4.56. The molecule has 0 aliphatic heterocycles. The molecule has 0 aromatic carbocycles. The Kier molecular flexibility index (Phi) is 12.5. The standard InChI is InChI=1S/C11H21O.2CH3.Al/c1-2-3-4-5-6-7-8-9-10-11-12;;;/h2H,1,3-11H2;2*1H3;/q-1;;;+1. The van der Waals surface area contributed by atoms with Gasteiger partial charge < -0.3 is 3.79 Å². The monoisotopic (exact) mass is 226 g/mol. The molecule has 0 amide bonds. The van der Waals surface area contributed by atoms with Crippen LogP contribution in [0.5, 0.6) is 0 Å². The zero-order chi connectivity index (χ0) is 11.4. The van der Waals surface area contributed by atoms with E-state index in [1.807, 2.05) is 6.08 Å². The molecule has 0 heterocycles. The van der Waals surface area contributed by atoms with E-state index in [-0.39, 0.29) is 0 Å². The van der Waals surface area contributed by atoms with E-state index in [9.17, 15) is 0 Å². The van der Waals surface area contributed by atoms with Crippen LogP contribution in [-0.4, -0.2) is 21.1 Å². The van der Waals surface area contributed by atoms with Crippen molar-refractivity contribution in [1.29, 1.82) is 0 Å². The molecule has 0 fully saturated rings. The van der Waals surface area contributed by atoms with Crippen molar-refractivity contribution in [2.24, 2.45) is 0 Å². The topological polar surface area (TPSA) is 9.23 Å². The number of hydrogen-bond donors (Lipinski definition) is 0. The first-order valence-corrected chi connectivity index (χ1v) is 9.28. The largest absolute Gasteiger partial charge is 0.501 e. The molecule has 88 valence electrons. The minimum Gasteiger partial charge on any atom is -0.501 e. The van der Waals surface area contributed by atoms with Crippen molar-refractivity contribution in [2.45, 2.75) is 62.9 Å². The highest BCUT2D eigenvalue weighted by atomic mass is 27.2. The van der Waals surface area contributed by atoms with E-state index in [0.29, 0.717) is 0 Å². The first-order valence-electron chi connectivity index (χ1n) is 6.50. The van der Waals surface area contributed by atoms with Crippen LogP contribution in [-0.2, 0) is 3.79 Å². The lowest BCUT2D eigenvalue weighted by atomic mass is 10.1. The summed E-state index contributed by atoms with van der Waals surface area (Å²) in [7, 11) is 0. The number of unbranched alkanes of at least 4 members (excludes halogenated alkanes) is 7. The van der Waals surface area contributed by atoms with E-state index in [1.165, 1.54) is 51.4 Å². The van der Waals surface area contributed by atoms with Crippen LogP contribution in [0.15, 0.2) is 12.7 Å². The summed E-state index contributed by atoms with van der Waals surface area (Å²) in [6, 6.07) is 0. The number of rotatable bonds is 11. The van der Waals surface area contributed by atoms with Gasteiger partial charge in [-0.1, -0.05) is 49.8 Å². The van der Waals surface area contributed by atoms with E-state index < -0.39 is 14.5 Å². The van der Waals surface area contributed by atoms with Crippen LogP contribution in [0.1, 0.15) is 51.4 Å². The van der Waals surface area contributed by atoms with Gasteiger partial charge >= 0.3 is 14.5 Å². The van der Waals surface area contributed by atoms with Crippen LogP contribution in [0.4, 0.5) is 0 Å². The molecule has 0 aliphatic carbocycles. The average molecular weight is 226 g/mol. The summed E-state index contributed by atoms with van der Waals surface area (Å²) < 4.78 is 5.63. The van der Waals surface area contributed by atoms with Gasteiger partial charge in [-0.05, 0) is 19.3 Å². The lowest BCUT2D eigenvalue weighted by Gasteiger charge is -2.04. The Morgan fingerprint density at radius 2 is 1.47 bits per heavy atom. The molecule has 0 spiro atoms. The van der Waals surface area contributed by atoms with Crippen molar-refractivity contribution in [3.63, 3.8) is 0 Å². The van der Waals surface area contributed by atoms with Gasteiger partial charge in [-0.2, -0.15) is 0 Å². The molecule has 0 N–H and O–H groups in total. The molecule has 0 bridgehead atoms. The Labute approximate surface area is 101 Å². The van der Waals surface area contributed by atoms with Crippen molar-refractivity contribution < 1.29 is 3.79 Å². The predicted molar refractivity (Wildman–Crippen MR) is 70.6 cm³/mol. The molecular weight excluding hydrogens is 199 g/mol. The quantitative estimate of drug-likeness (QED) is 0.285. The maximum atomic E-state index is 5.63. The van der Waals surface area contributed by atoms with E-state index in [2.05, 4.69) is 18.2 Å². The highest BCUT2D eigenvalue weighted by molar-refractivity contribution is 6.48. The van der Waals surface area contributed by atoms with Crippen molar-refractivity contribution >= 4 is 14.5 Å². The third-order valence-corrected chi connectivity index (χ3v) is 3.41. The Hall–Kier alpha value is 0.232. The van der Waals surface area contributed by atoms with Crippen molar-refractivity contribution in [3.8, 4) is 0 Å². The van der Waals surface area contributed by atoms with Crippen LogP contribution >= 0.6 is 0 Å². The van der Waals surface area contributed by atoms with E-state index in [1.54, 1.807) is 0 Å². The van der Waals surface area contributed by atoms with Crippen LogP contribution in [0, 0.1) is 0 Å². The van der Waals surface area contributed by atoms with Crippen LogP contribution in [0.3, 0.4) is 0 Å². The molecular formula is C13H27AlO. The first-order chi connectivity index (χ1) is 7.27. The molecule has 15 heavy (non-hydrogen) atoms. The normalized spacial score (nSPS) is 10.3. The van der Waals surface area contributed by atoms with Gasteiger partial charge in [0.15, 0.2) is 0 Å². The number of hydrogen-bond acceptors (Lipinski definition) is 1. The summed E-state index contributed by atoms with van der Waals surface area (Å²) in [6.07, 6.45) is 12.7. The van der Waals surface area contributed by atoms with E-state index in [4.69, 9.17) is 3.79 Å². The SMILES string of the molecule is C=CCCCCCCCCC[O][Al]([CH3])[CH3]. The molecule has 1 nitrogen and oxygen atoms in total. The fraction of sp³-hybridized carbons (Fsp3) is 0.846. The maximum absolute atomic E-state index is 5.63. The summed E-state index contributed by atoms with van der Waals surface area (Å²) in [5, 5.41) is 0. The molecule has 0 radical (unpaired) electrons. The highest BCUT2D eigenvalue weighted by Gasteiger charge is 2.01. The fourth-order valence-corrected chi connectivity index (χ4v) is 2.23. The van der Waals surface area contributed by atoms with Gasteiger partial charge in [-0.25, -0.2) is 0 Å². The zero-order valence-corrected chi connectivity index (χ0v) is 11.8. The Bertz CT molecular complexity index is 134. The molecule has 0 saturated carbocycles. The molecule has 0 rings (SSSR count). The maximum Gasteiger partial charge on any atom is 0.453 e. The smallest absolute Gasteiger partial charge is 0.453 e. The third-order valence-electron chi connectivity index (χ3n) is 2.50. The summed E-state index contributed by atoms with van der Waals surface area (Å²) in [6.45, 7) is 4.73. The number of allylic oxidation sites excluding steroid dienone is 1. The fourth-order valence-electron chi connectivity index (χ4n) is 1.59. The van der Waals surface area contributed by atoms with Crippen LogP contribution < -0.4 is 0 Å². The minimum atomic E-state index is -0.758. The summed E-state index contributed by atoms with van der Waals surface area (Å²) >= 11 is -0.758. The molecule has 0 aromatic rings. The van der Waals surface area contributed by atoms with Gasteiger partial charge in [0.1, 0.15) is 0 Å². The van der Waals surface area contributed by atoms with Gasteiger partial charge in [-0.15, -0.1) is 6.58 Å². The van der Waals surface area contributed by atoms with E-state index >= 15 is 0 Å². The highest BCUT2D eigenvalue weighted by Crippen LogP contribution is 2.08. The van der Waals surface area contributed by atoms with Gasteiger partial charge in [0.05, 0.1) is 0 Å². The second-order valence-electron chi connectivity index (χ2n) is 4.47. The molecule has 0 saturated heterocycles. The summed E-state index contributed by atoms with van der Waals surface area (Å²) in [5.74, 6) is 4.47. The molecule has 0 aromatic heterocycles. The lowest BCUT2D eigenvalue weighted by molar-refractivity contribution is 0.311. The Morgan fingerprint density at radius 3 is 2.00 bits per heavy atom.